The van der Waals surface area contributed by atoms with Crippen molar-refractivity contribution in [2.45, 2.75) is 30.2 Å². The molecule has 1 aliphatic heterocycles. The molecule has 5 aromatic rings. The molecule has 0 bridgehead atoms. The van der Waals surface area contributed by atoms with Crippen molar-refractivity contribution in [3.05, 3.63) is 88.6 Å². The number of hydrogen-bond acceptors (Lipinski definition) is 7. The molecule has 1 fully saturated rings. The van der Waals surface area contributed by atoms with Gasteiger partial charge in [-0.25, -0.2) is 18.1 Å². The van der Waals surface area contributed by atoms with Gasteiger partial charge >= 0.3 is 0 Å². The van der Waals surface area contributed by atoms with Gasteiger partial charge in [-0.15, -0.1) is 5.10 Å². The fourth-order valence-corrected chi connectivity index (χ4v) is 6.36. The van der Waals surface area contributed by atoms with Crippen LogP contribution in [0.15, 0.2) is 76.6 Å². The summed E-state index contributed by atoms with van der Waals surface area (Å²) in [6.45, 7) is 1.09. The van der Waals surface area contributed by atoms with Gasteiger partial charge in [0.05, 0.1) is 17.1 Å². The lowest BCUT2D eigenvalue weighted by Gasteiger charge is -2.30. The monoisotopic (exact) mass is 530 g/mol. The first-order chi connectivity index (χ1) is 18.4. The van der Waals surface area contributed by atoms with Crippen LogP contribution < -0.4 is 5.56 Å². The van der Waals surface area contributed by atoms with Crippen molar-refractivity contribution in [2.24, 2.45) is 7.05 Å². The van der Waals surface area contributed by atoms with Gasteiger partial charge in [0.1, 0.15) is 5.82 Å². The second-order valence-corrected chi connectivity index (χ2v) is 11.4. The topological polar surface area (TPSA) is 132 Å². The Kier molecular flexibility index (Phi) is 6.12. The molecule has 0 unspecified atom stereocenters. The summed E-state index contributed by atoms with van der Waals surface area (Å²) >= 11 is 0. The van der Waals surface area contributed by atoms with Crippen LogP contribution in [0.25, 0.3) is 22.4 Å². The van der Waals surface area contributed by atoms with E-state index in [1.807, 2.05) is 55.7 Å². The van der Waals surface area contributed by atoms with E-state index in [9.17, 15) is 13.2 Å². The number of fused-ring (bicyclic) bond motifs is 1. The number of nitrogens with one attached hydrogen (secondary N) is 1. The number of piperidine rings is 1. The molecule has 1 N–H and O–H groups in total. The molecule has 4 heterocycles. The van der Waals surface area contributed by atoms with Crippen LogP contribution in [0, 0.1) is 0 Å². The highest BCUT2D eigenvalue weighted by Crippen LogP contribution is 2.30. The lowest BCUT2D eigenvalue weighted by atomic mass is 9.97. The normalized spacial score (nSPS) is 15.3. The highest BCUT2D eigenvalue weighted by molar-refractivity contribution is 7.89. The summed E-state index contributed by atoms with van der Waals surface area (Å²) in [5, 5.41) is 12.5. The average Bonchev–Trinajstić information content (AvgIpc) is 3.56. The summed E-state index contributed by atoms with van der Waals surface area (Å²) in [5.41, 5.74) is 2.76. The Labute approximate surface area is 218 Å². The van der Waals surface area contributed by atoms with Gasteiger partial charge in [-0.2, -0.15) is 9.40 Å². The molecule has 12 heteroatoms. The van der Waals surface area contributed by atoms with Crippen LogP contribution in [-0.4, -0.2) is 60.6 Å². The number of sulfonamides is 1. The molecule has 0 spiro atoms. The maximum atomic E-state index is 13.4. The highest BCUT2D eigenvalue weighted by Gasteiger charge is 2.31. The molecule has 1 saturated heterocycles. The molecule has 3 aromatic heterocycles. The summed E-state index contributed by atoms with van der Waals surface area (Å²) in [6.07, 6.45) is 2.89. The number of hydrogen-bond donors (Lipinski definition) is 1. The fraction of sp³-hybridized carbons (Fsp3) is 0.269. The van der Waals surface area contributed by atoms with E-state index in [1.165, 1.54) is 4.31 Å². The number of benzene rings is 2. The standard InChI is InChI=1S/C26H26N8O3S/c1-32-13-12-22(30-32)20-8-5-9-21(16-20)38(36,37)33-14-10-19(11-15-33)24-27-25-23(26(35)28-24)29-31-34(25)17-18-6-3-2-4-7-18/h2-9,12-13,16,19H,10-11,14-15,17H2,1H3,(H,27,28,35). The van der Waals surface area contributed by atoms with Crippen molar-refractivity contribution in [2.75, 3.05) is 13.1 Å². The fourth-order valence-electron chi connectivity index (χ4n) is 4.84. The average molecular weight is 531 g/mol. The van der Waals surface area contributed by atoms with Gasteiger partial charge in [0.2, 0.25) is 10.0 Å². The lowest BCUT2D eigenvalue weighted by Crippen LogP contribution is -2.38. The second-order valence-electron chi connectivity index (χ2n) is 9.44. The third kappa shape index (κ3) is 4.52. The summed E-state index contributed by atoms with van der Waals surface area (Å²) in [7, 11) is -1.86. The van der Waals surface area contributed by atoms with E-state index in [0.717, 1.165) is 16.8 Å². The molecule has 11 nitrogen and oxygen atoms in total. The van der Waals surface area contributed by atoms with E-state index in [4.69, 9.17) is 4.98 Å². The molecular formula is C26H26N8O3S. The molecule has 0 atom stereocenters. The number of rotatable bonds is 6. The smallest absolute Gasteiger partial charge is 0.281 e. The maximum absolute atomic E-state index is 13.4. The van der Waals surface area contributed by atoms with Crippen molar-refractivity contribution >= 4 is 21.2 Å². The lowest BCUT2D eigenvalue weighted by molar-refractivity contribution is 0.313. The minimum absolute atomic E-state index is 0.0847. The van der Waals surface area contributed by atoms with E-state index >= 15 is 0 Å². The third-order valence-corrected chi connectivity index (χ3v) is 8.78. The number of aromatic amines is 1. The molecule has 6 rings (SSSR count). The summed E-state index contributed by atoms with van der Waals surface area (Å²) in [6, 6.07) is 18.5. The van der Waals surface area contributed by atoms with Crippen LogP contribution in [0.3, 0.4) is 0 Å². The zero-order valence-corrected chi connectivity index (χ0v) is 21.5. The van der Waals surface area contributed by atoms with E-state index < -0.39 is 10.0 Å². The van der Waals surface area contributed by atoms with Gasteiger partial charge in [-0.05, 0) is 36.6 Å². The maximum Gasteiger partial charge on any atom is 0.281 e. The largest absolute Gasteiger partial charge is 0.308 e. The van der Waals surface area contributed by atoms with Gasteiger partial charge in [-0.1, -0.05) is 47.7 Å². The van der Waals surface area contributed by atoms with Crippen LogP contribution >= 0.6 is 0 Å². The first-order valence-electron chi connectivity index (χ1n) is 12.4. The number of nitrogens with zero attached hydrogens (tertiary/aromatic N) is 7. The molecule has 0 amide bonds. The number of aromatic nitrogens is 7. The predicted octanol–water partition coefficient (Wildman–Crippen LogP) is 2.53. The van der Waals surface area contributed by atoms with Crippen molar-refractivity contribution in [3.63, 3.8) is 0 Å². The van der Waals surface area contributed by atoms with Crippen molar-refractivity contribution in [1.29, 1.82) is 0 Å². The van der Waals surface area contributed by atoms with Gasteiger partial charge in [0.15, 0.2) is 11.2 Å². The Hall–Kier alpha value is -4.16. The number of H-pyrrole nitrogens is 1. The van der Waals surface area contributed by atoms with Crippen LogP contribution in [0.1, 0.15) is 30.1 Å². The van der Waals surface area contributed by atoms with Crippen molar-refractivity contribution in [3.8, 4) is 11.3 Å². The SMILES string of the molecule is Cn1ccc(-c2cccc(S(=O)(=O)N3CCC(c4nc5c(nnn5Cc5ccccc5)c(=O)[nH]4)CC3)c2)n1. The highest BCUT2D eigenvalue weighted by atomic mass is 32.2. The minimum Gasteiger partial charge on any atom is -0.308 e. The van der Waals surface area contributed by atoms with Crippen LogP contribution in [0.2, 0.25) is 0 Å². The first kappa shape index (κ1) is 24.2. The van der Waals surface area contributed by atoms with E-state index in [1.54, 1.807) is 27.6 Å². The molecule has 0 aliphatic carbocycles. The van der Waals surface area contributed by atoms with Crippen LogP contribution in [0.4, 0.5) is 0 Å². The van der Waals surface area contributed by atoms with Crippen molar-refractivity contribution in [1.82, 2.24) is 39.0 Å². The quantitative estimate of drug-likeness (QED) is 0.357. The second kappa shape index (κ2) is 9.62. The third-order valence-electron chi connectivity index (χ3n) is 6.89. The first-order valence-corrected chi connectivity index (χ1v) is 13.8. The van der Waals surface area contributed by atoms with E-state index in [0.29, 0.717) is 43.9 Å². The molecule has 38 heavy (non-hydrogen) atoms. The predicted molar refractivity (Wildman–Crippen MR) is 141 cm³/mol. The van der Waals surface area contributed by atoms with E-state index in [-0.39, 0.29) is 21.9 Å². The van der Waals surface area contributed by atoms with Gasteiger partial charge in [0, 0.05) is 37.8 Å². The zero-order valence-electron chi connectivity index (χ0n) is 20.7. The molecule has 0 radical (unpaired) electrons. The molecule has 1 aliphatic rings. The van der Waals surface area contributed by atoms with Crippen molar-refractivity contribution < 1.29 is 8.42 Å². The summed E-state index contributed by atoms with van der Waals surface area (Å²) in [4.78, 5) is 20.5. The summed E-state index contributed by atoms with van der Waals surface area (Å²) in [5.74, 6) is 0.451. The van der Waals surface area contributed by atoms with Crippen LogP contribution in [0.5, 0.6) is 0 Å². The van der Waals surface area contributed by atoms with Gasteiger partial charge in [-0.3, -0.25) is 9.48 Å². The molecule has 0 saturated carbocycles. The zero-order chi connectivity index (χ0) is 26.3. The minimum atomic E-state index is -3.68. The number of aryl methyl sites for hydroxylation is 1. The molecular weight excluding hydrogens is 504 g/mol. The Balaban J connectivity index is 1.21. The molecule has 2 aromatic carbocycles. The Morgan fingerprint density at radius 3 is 2.55 bits per heavy atom. The Bertz CT molecular complexity index is 1770. The Morgan fingerprint density at radius 2 is 1.82 bits per heavy atom. The molecule has 194 valence electrons. The van der Waals surface area contributed by atoms with Gasteiger partial charge in [0.25, 0.3) is 5.56 Å². The Morgan fingerprint density at radius 1 is 1.03 bits per heavy atom. The van der Waals surface area contributed by atoms with Crippen LogP contribution in [-0.2, 0) is 23.6 Å². The summed E-state index contributed by atoms with van der Waals surface area (Å²) < 4.78 is 31.7. The van der Waals surface area contributed by atoms with Gasteiger partial charge < -0.3 is 4.98 Å². The van der Waals surface area contributed by atoms with E-state index in [2.05, 4.69) is 20.4 Å².